The van der Waals surface area contributed by atoms with Crippen LogP contribution in [0.1, 0.15) is 32.6 Å². The number of hydrogen-bond donors (Lipinski definition) is 2. The van der Waals surface area contributed by atoms with Crippen molar-refractivity contribution in [1.29, 1.82) is 0 Å². The first kappa shape index (κ1) is 11.9. The highest BCUT2D eigenvalue weighted by Crippen LogP contribution is 2.16. The number of piperidine rings is 1. The second-order valence-electron chi connectivity index (χ2n) is 4.00. The number of aliphatic hydroxyl groups is 1. The van der Waals surface area contributed by atoms with Gasteiger partial charge in [-0.05, 0) is 19.3 Å². The van der Waals surface area contributed by atoms with E-state index in [2.05, 4.69) is 11.8 Å². The highest BCUT2D eigenvalue weighted by atomic mass is 32.1. The molecule has 82 valence electrons. The topological polar surface area (TPSA) is 49.5 Å². The molecule has 4 heteroatoms. The van der Waals surface area contributed by atoms with Crippen molar-refractivity contribution >= 4 is 17.2 Å². The van der Waals surface area contributed by atoms with E-state index in [0.717, 1.165) is 38.8 Å². The summed E-state index contributed by atoms with van der Waals surface area (Å²) in [5, 5.41) is 9.39. The zero-order valence-corrected chi connectivity index (χ0v) is 9.59. The zero-order chi connectivity index (χ0) is 10.6. The van der Waals surface area contributed by atoms with Crippen LogP contribution < -0.4 is 5.73 Å². The summed E-state index contributed by atoms with van der Waals surface area (Å²) in [6.07, 6.45) is 3.55. The summed E-state index contributed by atoms with van der Waals surface area (Å²) in [6, 6.07) is 0.472. The van der Waals surface area contributed by atoms with E-state index in [1.165, 1.54) is 0 Å². The number of hydrogen-bond acceptors (Lipinski definition) is 3. The lowest BCUT2D eigenvalue weighted by molar-refractivity contribution is 0.0613. The fraction of sp³-hybridized carbons (Fsp3) is 0.900. The van der Waals surface area contributed by atoms with Crippen molar-refractivity contribution in [1.82, 2.24) is 4.90 Å². The van der Waals surface area contributed by atoms with Crippen molar-refractivity contribution < 1.29 is 5.11 Å². The van der Waals surface area contributed by atoms with Gasteiger partial charge >= 0.3 is 0 Å². The molecule has 0 radical (unpaired) electrons. The predicted octanol–water partition coefficient (Wildman–Crippen LogP) is 0.898. The molecular formula is C10H20N2OS. The van der Waals surface area contributed by atoms with Gasteiger partial charge in [0.25, 0.3) is 0 Å². The summed E-state index contributed by atoms with van der Waals surface area (Å²) in [4.78, 5) is 2.99. The first-order valence-electron chi connectivity index (χ1n) is 5.34. The molecule has 1 rings (SSSR count). The Labute approximate surface area is 91.3 Å². The maximum absolute atomic E-state index is 9.39. The SMILES string of the molecule is CCC(CC(N)=S)N1CCC(O)CC1. The molecule has 1 atom stereocenters. The van der Waals surface area contributed by atoms with Crippen LogP contribution in [0.5, 0.6) is 0 Å². The number of likely N-dealkylation sites (tertiary alicyclic amines) is 1. The Morgan fingerprint density at radius 2 is 2.14 bits per heavy atom. The molecule has 0 aromatic heterocycles. The molecule has 0 aliphatic carbocycles. The Morgan fingerprint density at radius 1 is 1.57 bits per heavy atom. The molecule has 0 aromatic carbocycles. The van der Waals surface area contributed by atoms with Gasteiger partial charge in [0.2, 0.25) is 0 Å². The molecule has 0 amide bonds. The minimum Gasteiger partial charge on any atom is -0.393 e. The molecule has 14 heavy (non-hydrogen) atoms. The molecule has 0 saturated carbocycles. The van der Waals surface area contributed by atoms with Crippen molar-refractivity contribution in [3.05, 3.63) is 0 Å². The van der Waals surface area contributed by atoms with Crippen LogP contribution in [-0.2, 0) is 0 Å². The zero-order valence-electron chi connectivity index (χ0n) is 8.78. The highest BCUT2D eigenvalue weighted by molar-refractivity contribution is 7.80. The van der Waals surface area contributed by atoms with E-state index in [-0.39, 0.29) is 6.10 Å². The van der Waals surface area contributed by atoms with Crippen molar-refractivity contribution in [2.24, 2.45) is 5.73 Å². The fourth-order valence-electron chi connectivity index (χ4n) is 2.01. The number of thiocarbonyl (C=S) groups is 1. The van der Waals surface area contributed by atoms with E-state index in [0.29, 0.717) is 11.0 Å². The summed E-state index contributed by atoms with van der Waals surface area (Å²) in [7, 11) is 0. The minimum absolute atomic E-state index is 0.103. The summed E-state index contributed by atoms with van der Waals surface area (Å²) < 4.78 is 0. The molecule has 1 fully saturated rings. The molecular weight excluding hydrogens is 196 g/mol. The predicted molar refractivity (Wildman–Crippen MR) is 62.3 cm³/mol. The van der Waals surface area contributed by atoms with Crippen molar-refractivity contribution in [2.45, 2.75) is 44.8 Å². The quantitative estimate of drug-likeness (QED) is 0.686. The Bertz CT molecular complexity index is 191. The minimum atomic E-state index is -0.103. The first-order valence-corrected chi connectivity index (χ1v) is 5.74. The average molecular weight is 216 g/mol. The fourth-order valence-corrected chi connectivity index (χ4v) is 2.21. The molecule has 3 nitrogen and oxygen atoms in total. The van der Waals surface area contributed by atoms with Gasteiger partial charge in [0.1, 0.15) is 0 Å². The highest BCUT2D eigenvalue weighted by Gasteiger charge is 2.23. The van der Waals surface area contributed by atoms with Crippen molar-refractivity contribution in [3.8, 4) is 0 Å². The molecule has 0 bridgehead atoms. The monoisotopic (exact) mass is 216 g/mol. The first-order chi connectivity index (χ1) is 6.63. The Balaban J connectivity index is 2.40. The van der Waals surface area contributed by atoms with Gasteiger partial charge in [-0.25, -0.2) is 0 Å². The third-order valence-corrected chi connectivity index (χ3v) is 3.09. The van der Waals surface area contributed by atoms with Crippen LogP contribution in [0, 0.1) is 0 Å². The van der Waals surface area contributed by atoms with Crippen LogP contribution in [-0.4, -0.2) is 40.2 Å². The van der Waals surface area contributed by atoms with Crippen LogP contribution in [0.25, 0.3) is 0 Å². The van der Waals surface area contributed by atoms with E-state index >= 15 is 0 Å². The number of nitrogens with two attached hydrogens (primary N) is 1. The van der Waals surface area contributed by atoms with Crippen LogP contribution in [0.3, 0.4) is 0 Å². The molecule has 3 N–H and O–H groups in total. The molecule has 1 unspecified atom stereocenters. The normalized spacial score (nSPS) is 22.1. The van der Waals surface area contributed by atoms with Crippen LogP contribution >= 0.6 is 12.2 Å². The molecule has 0 spiro atoms. The van der Waals surface area contributed by atoms with Gasteiger partial charge in [0.05, 0.1) is 11.1 Å². The van der Waals surface area contributed by atoms with E-state index in [1.54, 1.807) is 0 Å². The van der Waals surface area contributed by atoms with E-state index in [4.69, 9.17) is 18.0 Å². The standard InChI is InChI=1S/C10H20N2OS/c1-2-8(7-10(11)14)12-5-3-9(13)4-6-12/h8-9,13H,2-7H2,1H3,(H2,11,14). The smallest absolute Gasteiger partial charge is 0.0743 e. The summed E-state index contributed by atoms with van der Waals surface area (Å²) in [6.45, 7) is 4.11. The Kier molecular flexibility index (Phi) is 4.78. The summed E-state index contributed by atoms with van der Waals surface area (Å²) >= 11 is 4.93. The second-order valence-corrected chi connectivity index (χ2v) is 4.52. The van der Waals surface area contributed by atoms with Gasteiger partial charge in [0, 0.05) is 25.6 Å². The Morgan fingerprint density at radius 3 is 2.57 bits per heavy atom. The molecule has 1 saturated heterocycles. The van der Waals surface area contributed by atoms with Gasteiger partial charge in [-0.3, -0.25) is 4.90 Å². The van der Waals surface area contributed by atoms with Crippen molar-refractivity contribution in [3.63, 3.8) is 0 Å². The lowest BCUT2D eigenvalue weighted by atomic mass is 10.0. The van der Waals surface area contributed by atoms with Gasteiger partial charge < -0.3 is 10.8 Å². The molecule has 1 aliphatic rings. The maximum Gasteiger partial charge on any atom is 0.0743 e. The van der Waals surface area contributed by atoms with Crippen LogP contribution in [0.2, 0.25) is 0 Å². The summed E-state index contributed by atoms with van der Waals surface area (Å²) in [5.41, 5.74) is 5.56. The van der Waals surface area contributed by atoms with Crippen LogP contribution in [0.15, 0.2) is 0 Å². The lowest BCUT2D eigenvalue weighted by Gasteiger charge is -2.35. The van der Waals surface area contributed by atoms with Gasteiger partial charge in [-0.2, -0.15) is 0 Å². The average Bonchev–Trinajstić information content (AvgIpc) is 2.15. The van der Waals surface area contributed by atoms with E-state index in [1.807, 2.05) is 0 Å². The number of aliphatic hydroxyl groups excluding tert-OH is 1. The third kappa shape index (κ3) is 3.52. The van der Waals surface area contributed by atoms with Gasteiger partial charge in [-0.1, -0.05) is 19.1 Å². The van der Waals surface area contributed by atoms with E-state index in [9.17, 15) is 5.11 Å². The van der Waals surface area contributed by atoms with E-state index < -0.39 is 0 Å². The maximum atomic E-state index is 9.39. The van der Waals surface area contributed by atoms with Crippen LogP contribution in [0.4, 0.5) is 0 Å². The largest absolute Gasteiger partial charge is 0.393 e. The van der Waals surface area contributed by atoms with Crippen molar-refractivity contribution in [2.75, 3.05) is 13.1 Å². The van der Waals surface area contributed by atoms with Gasteiger partial charge in [-0.15, -0.1) is 0 Å². The number of nitrogens with zero attached hydrogens (tertiary/aromatic N) is 1. The molecule has 1 aliphatic heterocycles. The molecule has 0 aromatic rings. The van der Waals surface area contributed by atoms with Gasteiger partial charge in [0.15, 0.2) is 0 Å². The lowest BCUT2D eigenvalue weighted by Crippen LogP contribution is -2.43. The Hall–Kier alpha value is -0.190. The third-order valence-electron chi connectivity index (χ3n) is 2.92. The second kappa shape index (κ2) is 5.63. The summed E-state index contributed by atoms with van der Waals surface area (Å²) in [5.74, 6) is 0. The number of rotatable bonds is 4. The molecule has 1 heterocycles.